The van der Waals surface area contributed by atoms with E-state index in [2.05, 4.69) is 10.3 Å². The molecule has 7 nitrogen and oxygen atoms in total. The van der Waals surface area contributed by atoms with Gasteiger partial charge in [0.2, 0.25) is 5.91 Å². The van der Waals surface area contributed by atoms with Crippen LogP contribution < -0.4 is 5.32 Å². The van der Waals surface area contributed by atoms with Crippen molar-refractivity contribution in [2.75, 3.05) is 0 Å². The van der Waals surface area contributed by atoms with Crippen LogP contribution >= 0.6 is 11.6 Å². The number of carboxylic acid groups (broad SMARTS) is 1. The van der Waals surface area contributed by atoms with Crippen LogP contribution in [0.5, 0.6) is 0 Å². The van der Waals surface area contributed by atoms with Crippen LogP contribution in [-0.2, 0) is 16.0 Å². The van der Waals surface area contributed by atoms with Crippen molar-refractivity contribution < 1.29 is 19.5 Å². The molecule has 0 spiro atoms. The molecule has 0 radical (unpaired) electrons. The summed E-state index contributed by atoms with van der Waals surface area (Å²) in [6.45, 7) is 0. The summed E-state index contributed by atoms with van der Waals surface area (Å²) >= 11 is 5.89. The number of amides is 3. The van der Waals surface area contributed by atoms with Crippen molar-refractivity contribution >= 4 is 29.5 Å². The number of β-lactam (4-membered cyclic amide) rings is 1. The van der Waals surface area contributed by atoms with Crippen molar-refractivity contribution in [3.8, 4) is 0 Å². The topological polar surface area (TPSA) is 99.6 Å². The summed E-state index contributed by atoms with van der Waals surface area (Å²) in [4.78, 5) is 42.5. The Morgan fingerprint density at radius 1 is 1.03 bits per heavy atom. The van der Waals surface area contributed by atoms with Crippen LogP contribution in [0.15, 0.2) is 79.0 Å². The van der Waals surface area contributed by atoms with Crippen LogP contribution in [0.4, 0.5) is 4.79 Å². The van der Waals surface area contributed by atoms with E-state index in [0.29, 0.717) is 5.56 Å². The molecular weight excluding hydrogens is 430 g/mol. The summed E-state index contributed by atoms with van der Waals surface area (Å²) in [7, 11) is 0. The second-order valence-electron chi connectivity index (χ2n) is 7.49. The Morgan fingerprint density at radius 2 is 1.62 bits per heavy atom. The summed E-state index contributed by atoms with van der Waals surface area (Å²) in [6.07, 6.45) is 1.65. The number of aromatic nitrogens is 1. The van der Waals surface area contributed by atoms with E-state index in [1.165, 1.54) is 6.20 Å². The van der Waals surface area contributed by atoms with Crippen molar-refractivity contribution in [3.05, 3.63) is 101 Å². The van der Waals surface area contributed by atoms with Gasteiger partial charge in [-0.25, -0.2) is 19.5 Å². The molecule has 0 aliphatic carbocycles. The molecule has 4 rings (SSSR count). The Balaban J connectivity index is 1.56. The monoisotopic (exact) mass is 449 g/mol. The average molecular weight is 450 g/mol. The van der Waals surface area contributed by atoms with Gasteiger partial charge in [0, 0.05) is 6.20 Å². The second-order valence-corrected chi connectivity index (χ2v) is 7.88. The first-order chi connectivity index (χ1) is 15.5. The quantitative estimate of drug-likeness (QED) is 0.441. The van der Waals surface area contributed by atoms with E-state index in [1.54, 1.807) is 12.1 Å². The van der Waals surface area contributed by atoms with E-state index in [0.717, 1.165) is 16.0 Å². The number of hydrogen-bond donors (Lipinski definition) is 2. The number of halogens is 1. The van der Waals surface area contributed by atoms with Crippen LogP contribution in [0.2, 0.25) is 5.15 Å². The Labute approximate surface area is 189 Å². The minimum atomic E-state index is -1.26. The number of pyridine rings is 1. The lowest BCUT2D eigenvalue weighted by molar-refractivity contribution is -0.165. The molecule has 2 aromatic carbocycles. The van der Waals surface area contributed by atoms with Gasteiger partial charge in [0.15, 0.2) is 6.04 Å². The molecule has 2 N–H and O–H groups in total. The summed E-state index contributed by atoms with van der Waals surface area (Å²) in [6, 6.07) is 19.3. The molecule has 1 aliphatic rings. The number of hydrogen-bond acceptors (Lipinski definition) is 4. The minimum Gasteiger partial charge on any atom is -0.480 e. The van der Waals surface area contributed by atoms with Crippen LogP contribution in [0, 0.1) is 5.92 Å². The fourth-order valence-corrected chi connectivity index (χ4v) is 4.12. The Morgan fingerprint density at radius 3 is 2.16 bits per heavy atom. The zero-order valence-corrected chi connectivity index (χ0v) is 17.6. The molecule has 1 aliphatic heterocycles. The molecule has 1 fully saturated rings. The van der Waals surface area contributed by atoms with Crippen LogP contribution in [0.25, 0.3) is 0 Å². The van der Waals surface area contributed by atoms with Gasteiger partial charge in [-0.2, -0.15) is 0 Å². The van der Waals surface area contributed by atoms with Gasteiger partial charge in [0.25, 0.3) is 0 Å². The highest BCUT2D eigenvalue weighted by atomic mass is 35.5. The van der Waals surface area contributed by atoms with Crippen LogP contribution in [-0.4, -0.2) is 38.9 Å². The first kappa shape index (κ1) is 21.5. The Hall–Kier alpha value is -3.71. The number of nitrogens with zero attached hydrogens (tertiary/aromatic N) is 2. The van der Waals surface area contributed by atoms with Gasteiger partial charge >= 0.3 is 12.0 Å². The van der Waals surface area contributed by atoms with Crippen molar-refractivity contribution in [3.63, 3.8) is 0 Å². The molecule has 1 aromatic heterocycles. The van der Waals surface area contributed by atoms with E-state index in [-0.39, 0.29) is 11.6 Å². The zero-order valence-electron chi connectivity index (χ0n) is 16.9. The lowest BCUT2D eigenvalue weighted by Crippen LogP contribution is -2.68. The van der Waals surface area contributed by atoms with Crippen LogP contribution in [0.3, 0.4) is 0 Å². The van der Waals surface area contributed by atoms with Crippen molar-refractivity contribution in [1.29, 1.82) is 0 Å². The van der Waals surface area contributed by atoms with Crippen LogP contribution in [0.1, 0.15) is 22.7 Å². The highest BCUT2D eigenvalue weighted by Crippen LogP contribution is 2.32. The van der Waals surface area contributed by atoms with Crippen molar-refractivity contribution in [2.45, 2.75) is 18.5 Å². The predicted octanol–water partition coefficient (Wildman–Crippen LogP) is 3.69. The maximum atomic E-state index is 13.1. The van der Waals surface area contributed by atoms with Crippen molar-refractivity contribution in [2.24, 2.45) is 5.92 Å². The number of urea groups is 1. The molecule has 8 heteroatoms. The minimum absolute atomic E-state index is 0.155. The molecule has 32 heavy (non-hydrogen) atoms. The molecular formula is C24H20ClN3O4. The normalized spacial score (nSPS) is 17.7. The molecule has 162 valence electrons. The lowest BCUT2D eigenvalue weighted by Gasteiger charge is -2.43. The number of nitrogens with one attached hydrogen (secondary N) is 1. The van der Waals surface area contributed by atoms with E-state index in [1.807, 2.05) is 60.7 Å². The first-order valence-electron chi connectivity index (χ1n) is 10.0. The number of rotatable bonds is 6. The van der Waals surface area contributed by atoms with Gasteiger partial charge in [-0.1, -0.05) is 72.3 Å². The molecule has 2 atom stereocenters. The number of carbonyl (C=O) groups excluding carboxylic acids is 2. The Kier molecular flexibility index (Phi) is 6.18. The summed E-state index contributed by atoms with van der Waals surface area (Å²) in [5.74, 6) is -2.63. The van der Waals surface area contributed by atoms with E-state index in [9.17, 15) is 19.5 Å². The molecule has 2 heterocycles. The third kappa shape index (κ3) is 4.33. The summed E-state index contributed by atoms with van der Waals surface area (Å²) in [5, 5.41) is 12.8. The highest BCUT2D eigenvalue weighted by molar-refractivity contribution is 6.29. The van der Waals surface area contributed by atoms with Crippen molar-refractivity contribution in [1.82, 2.24) is 15.2 Å². The van der Waals surface area contributed by atoms with Gasteiger partial charge in [-0.15, -0.1) is 0 Å². The molecule has 0 saturated carbocycles. The third-order valence-corrected chi connectivity index (χ3v) is 5.67. The molecule has 1 unspecified atom stereocenters. The number of carbonyl (C=O) groups is 3. The second kappa shape index (κ2) is 9.20. The summed E-state index contributed by atoms with van der Waals surface area (Å²) < 4.78 is 0. The molecule has 0 bridgehead atoms. The van der Waals surface area contributed by atoms with E-state index >= 15 is 0 Å². The summed E-state index contributed by atoms with van der Waals surface area (Å²) in [5.41, 5.74) is 2.31. The molecule has 1 saturated heterocycles. The fourth-order valence-electron chi connectivity index (χ4n) is 3.92. The number of imide groups is 1. The number of likely N-dealkylation sites (tertiary alicyclic amines) is 1. The maximum absolute atomic E-state index is 13.1. The highest BCUT2D eigenvalue weighted by Gasteiger charge is 2.54. The lowest BCUT2D eigenvalue weighted by atomic mass is 9.82. The number of aliphatic carboxylic acids is 1. The van der Waals surface area contributed by atoms with Gasteiger partial charge in [0.1, 0.15) is 5.15 Å². The van der Waals surface area contributed by atoms with Gasteiger partial charge in [-0.3, -0.25) is 4.79 Å². The molecule has 3 amide bonds. The first-order valence-corrected chi connectivity index (χ1v) is 10.4. The van der Waals surface area contributed by atoms with E-state index < -0.39 is 35.9 Å². The SMILES string of the molecule is O=C(O)[C@@H]1C(Cc2ccnc(Cl)c2)C(=O)N1C(=O)NC(c1ccccc1)c1ccccc1. The number of carboxylic acids is 1. The van der Waals surface area contributed by atoms with Gasteiger partial charge in [-0.05, 0) is 35.2 Å². The Bertz CT molecular complexity index is 1100. The standard InChI is InChI=1S/C24H20ClN3O4/c25-19-14-15(11-12-26-19)13-18-21(23(30)31)28(22(18)29)24(32)27-20(16-7-3-1-4-8-16)17-9-5-2-6-10-17/h1-12,14,18,20-21H,13H2,(H,27,32)(H,30,31)/t18?,21-/m0/s1. The van der Waals surface area contributed by atoms with Gasteiger partial charge < -0.3 is 10.4 Å². The zero-order chi connectivity index (χ0) is 22.7. The maximum Gasteiger partial charge on any atom is 0.327 e. The predicted molar refractivity (Wildman–Crippen MR) is 118 cm³/mol. The van der Waals surface area contributed by atoms with E-state index in [4.69, 9.17) is 11.6 Å². The third-order valence-electron chi connectivity index (χ3n) is 5.47. The fraction of sp³-hybridized carbons (Fsp3) is 0.167. The number of benzene rings is 2. The average Bonchev–Trinajstić information content (AvgIpc) is 2.80. The smallest absolute Gasteiger partial charge is 0.327 e. The van der Waals surface area contributed by atoms with Gasteiger partial charge in [0.05, 0.1) is 12.0 Å². The molecule has 3 aromatic rings. The largest absolute Gasteiger partial charge is 0.480 e.